The number of aryl methyl sites for hydroxylation is 1. The number of carboxylic acids is 1. The molecule has 0 radical (unpaired) electrons. The molecule has 0 saturated heterocycles. The molecule has 1 amide bonds. The summed E-state index contributed by atoms with van der Waals surface area (Å²) in [5.74, 6) is -1.09. The SMILES string of the molecule is Cc1nnc(NC(=O)CN(C)C(C)(C)C(=O)O)o1. The molecule has 1 heterocycles. The minimum atomic E-state index is -1.14. The van der Waals surface area contributed by atoms with E-state index in [1.54, 1.807) is 14.0 Å². The van der Waals surface area contributed by atoms with Crippen LogP contribution in [0.25, 0.3) is 0 Å². The van der Waals surface area contributed by atoms with Crippen molar-refractivity contribution < 1.29 is 19.1 Å². The van der Waals surface area contributed by atoms with Crippen LogP contribution in [0.15, 0.2) is 4.42 Å². The molecule has 0 saturated carbocycles. The molecule has 0 atom stereocenters. The number of rotatable bonds is 5. The molecule has 0 spiro atoms. The lowest BCUT2D eigenvalue weighted by atomic mass is 10.0. The highest BCUT2D eigenvalue weighted by atomic mass is 16.4. The first-order chi connectivity index (χ1) is 8.23. The number of carbonyl (C=O) groups is 2. The van der Waals surface area contributed by atoms with E-state index in [9.17, 15) is 9.59 Å². The van der Waals surface area contributed by atoms with Crippen LogP contribution in [0.4, 0.5) is 6.01 Å². The number of amides is 1. The zero-order valence-corrected chi connectivity index (χ0v) is 10.7. The molecule has 0 aliphatic rings. The number of hydrogen-bond acceptors (Lipinski definition) is 6. The van der Waals surface area contributed by atoms with E-state index in [4.69, 9.17) is 9.52 Å². The monoisotopic (exact) mass is 256 g/mol. The third kappa shape index (κ3) is 3.27. The Morgan fingerprint density at radius 1 is 1.44 bits per heavy atom. The lowest BCUT2D eigenvalue weighted by Gasteiger charge is -2.30. The second kappa shape index (κ2) is 5.13. The van der Waals surface area contributed by atoms with Crippen LogP contribution < -0.4 is 5.32 Å². The minimum absolute atomic E-state index is 0.000897. The summed E-state index contributed by atoms with van der Waals surface area (Å²) >= 11 is 0. The second-order valence-electron chi connectivity index (χ2n) is 4.39. The number of carboxylic acid groups (broad SMARTS) is 1. The van der Waals surface area contributed by atoms with Crippen LogP contribution in [0.1, 0.15) is 19.7 Å². The lowest BCUT2D eigenvalue weighted by Crippen LogP contribution is -2.50. The van der Waals surface area contributed by atoms with E-state index in [2.05, 4.69) is 15.5 Å². The molecule has 0 aromatic carbocycles. The fraction of sp³-hybridized carbons (Fsp3) is 0.600. The predicted molar refractivity (Wildman–Crippen MR) is 62.0 cm³/mol. The number of hydrogen-bond donors (Lipinski definition) is 2. The van der Waals surface area contributed by atoms with Crippen molar-refractivity contribution >= 4 is 17.9 Å². The number of nitrogens with one attached hydrogen (secondary N) is 1. The molecule has 1 aromatic rings. The van der Waals surface area contributed by atoms with Gasteiger partial charge in [0.1, 0.15) is 5.54 Å². The summed E-state index contributed by atoms with van der Waals surface area (Å²) in [7, 11) is 1.55. The molecule has 0 aliphatic carbocycles. The molecule has 1 rings (SSSR count). The molecule has 2 N–H and O–H groups in total. The molecule has 0 unspecified atom stereocenters. The lowest BCUT2D eigenvalue weighted by molar-refractivity contribution is -0.148. The zero-order valence-electron chi connectivity index (χ0n) is 10.7. The second-order valence-corrected chi connectivity index (χ2v) is 4.39. The topological polar surface area (TPSA) is 109 Å². The average molecular weight is 256 g/mol. The predicted octanol–water partition coefficient (Wildman–Crippen LogP) is 0.112. The molecule has 1 aromatic heterocycles. The van der Waals surface area contributed by atoms with Gasteiger partial charge in [0.2, 0.25) is 11.8 Å². The summed E-state index contributed by atoms with van der Waals surface area (Å²) in [5.41, 5.74) is -1.14. The van der Waals surface area contributed by atoms with Crippen LogP contribution in [0.3, 0.4) is 0 Å². The van der Waals surface area contributed by atoms with Crippen molar-refractivity contribution in [2.75, 3.05) is 18.9 Å². The number of aromatic nitrogens is 2. The minimum Gasteiger partial charge on any atom is -0.480 e. The fourth-order valence-electron chi connectivity index (χ4n) is 1.08. The van der Waals surface area contributed by atoms with Gasteiger partial charge in [0.25, 0.3) is 0 Å². The van der Waals surface area contributed by atoms with E-state index in [1.807, 2.05) is 0 Å². The van der Waals surface area contributed by atoms with Gasteiger partial charge < -0.3 is 9.52 Å². The smallest absolute Gasteiger partial charge is 0.323 e. The quantitative estimate of drug-likeness (QED) is 0.769. The maximum absolute atomic E-state index is 11.6. The molecular formula is C10H16N4O4. The van der Waals surface area contributed by atoms with E-state index in [1.165, 1.54) is 18.7 Å². The Bertz CT molecular complexity index is 454. The van der Waals surface area contributed by atoms with Crippen LogP contribution in [0, 0.1) is 6.92 Å². The highest BCUT2D eigenvalue weighted by Gasteiger charge is 2.33. The number of likely N-dealkylation sites (N-methyl/N-ethyl adjacent to an activating group) is 1. The molecular weight excluding hydrogens is 240 g/mol. The van der Waals surface area contributed by atoms with Gasteiger partial charge in [-0.15, -0.1) is 5.10 Å². The summed E-state index contributed by atoms with van der Waals surface area (Å²) in [6.07, 6.45) is 0. The van der Waals surface area contributed by atoms with Crippen molar-refractivity contribution in [3.8, 4) is 0 Å². The van der Waals surface area contributed by atoms with Gasteiger partial charge >= 0.3 is 12.0 Å². The van der Waals surface area contributed by atoms with Gasteiger partial charge in [0.05, 0.1) is 6.54 Å². The van der Waals surface area contributed by atoms with E-state index < -0.39 is 17.4 Å². The Labute approximate surface area is 104 Å². The Kier molecular flexibility index (Phi) is 4.02. The van der Waals surface area contributed by atoms with E-state index >= 15 is 0 Å². The van der Waals surface area contributed by atoms with Gasteiger partial charge in [-0.2, -0.15) is 0 Å². The Hall–Kier alpha value is -1.96. The van der Waals surface area contributed by atoms with Gasteiger partial charge in [-0.3, -0.25) is 19.8 Å². The zero-order chi connectivity index (χ0) is 13.9. The van der Waals surface area contributed by atoms with Crippen LogP contribution in [-0.4, -0.2) is 51.2 Å². The van der Waals surface area contributed by atoms with Crippen LogP contribution in [-0.2, 0) is 9.59 Å². The van der Waals surface area contributed by atoms with E-state index in [-0.39, 0.29) is 12.6 Å². The number of aliphatic carboxylic acids is 1. The molecule has 100 valence electrons. The first-order valence-corrected chi connectivity index (χ1v) is 5.28. The van der Waals surface area contributed by atoms with Crippen LogP contribution in [0.5, 0.6) is 0 Å². The van der Waals surface area contributed by atoms with E-state index in [0.717, 1.165) is 0 Å². The van der Waals surface area contributed by atoms with Crippen molar-refractivity contribution in [2.24, 2.45) is 0 Å². The average Bonchev–Trinajstić information content (AvgIpc) is 2.63. The Morgan fingerprint density at radius 2 is 2.06 bits per heavy atom. The van der Waals surface area contributed by atoms with Crippen molar-refractivity contribution in [2.45, 2.75) is 26.3 Å². The molecule has 18 heavy (non-hydrogen) atoms. The Balaban J connectivity index is 2.57. The summed E-state index contributed by atoms with van der Waals surface area (Å²) in [6, 6.07) is -0.000897. The number of anilines is 1. The maximum atomic E-state index is 11.6. The van der Waals surface area contributed by atoms with Crippen molar-refractivity contribution in [3.05, 3.63) is 5.89 Å². The number of nitrogens with zero attached hydrogens (tertiary/aromatic N) is 3. The summed E-state index contributed by atoms with van der Waals surface area (Å²) in [6.45, 7) is 4.53. The third-order valence-corrected chi connectivity index (χ3v) is 2.63. The van der Waals surface area contributed by atoms with Gasteiger partial charge in [0, 0.05) is 6.92 Å². The van der Waals surface area contributed by atoms with Gasteiger partial charge in [-0.05, 0) is 20.9 Å². The summed E-state index contributed by atoms with van der Waals surface area (Å²) < 4.78 is 4.98. The van der Waals surface area contributed by atoms with Gasteiger partial charge in [-0.25, -0.2) is 0 Å². The van der Waals surface area contributed by atoms with E-state index in [0.29, 0.717) is 5.89 Å². The van der Waals surface area contributed by atoms with Crippen molar-refractivity contribution in [3.63, 3.8) is 0 Å². The highest BCUT2D eigenvalue weighted by molar-refractivity contribution is 5.90. The fourth-order valence-corrected chi connectivity index (χ4v) is 1.08. The molecule has 8 nitrogen and oxygen atoms in total. The molecule has 8 heteroatoms. The van der Waals surface area contributed by atoms with Crippen LogP contribution >= 0.6 is 0 Å². The van der Waals surface area contributed by atoms with Crippen molar-refractivity contribution in [1.29, 1.82) is 0 Å². The van der Waals surface area contributed by atoms with Gasteiger partial charge in [-0.1, -0.05) is 5.10 Å². The van der Waals surface area contributed by atoms with Crippen LogP contribution in [0.2, 0.25) is 0 Å². The normalized spacial score (nSPS) is 11.6. The molecule has 0 bridgehead atoms. The van der Waals surface area contributed by atoms with Gasteiger partial charge in [0.15, 0.2) is 0 Å². The highest BCUT2D eigenvalue weighted by Crippen LogP contribution is 2.12. The largest absolute Gasteiger partial charge is 0.480 e. The molecule has 0 aliphatic heterocycles. The molecule has 0 fully saturated rings. The Morgan fingerprint density at radius 3 is 2.50 bits per heavy atom. The summed E-state index contributed by atoms with van der Waals surface area (Å²) in [4.78, 5) is 24.0. The summed E-state index contributed by atoms with van der Waals surface area (Å²) in [5, 5.41) is 18.6. The standard InChI is InChI=1S/C10H16N4O4/c1-6-12-13-9(18-6)11-7(15)5-14(4)10(2,3)8(16)17/h5H2,1-4H3,(H,16,17)(H,11,13,15). The van der Waals surface area contributed by atoms with Crippen molar-refractivity contribution in [1.82, 2.24) is 15.1 Å². The maximum Gasteiger partial charge on any atom is 0.323 e. The number of carbonyl (C=O) groups excluding carboxylic acids is 1. The third-order valence-electron chi connectivity index (χ3n) is 2.63. The first kappa shape index (κ1) is 14.1. The first-order valence-electron chi connectivity index (χ1n) is 5.28.